The van der Waals surface area contributed by atoms with E-state index in [0.29, 0.717) is 55.6 Å². The number of rotatable bonds is 12. The third-order valence-electron chi connectivity index (χ3n) is 12.2. The first-order chi connectivity index (χ1) is 30.4. The molecule has 3 aromatic carbocycles. The number of amides is 4. The molecule has 13 nitrogen and oxygen atoms in total. The Morgan fingerprint density at radius 1 is 0.847 bits per heavy atom. The van der Waals surface area contributed by atoms with E-state index in [2.05, 4.69) is 61.5 Å². The van der Waals surface area contributed by atoms with Crippen LogP contribution in [-0.4, -0.2) is 89.0 Å². The minimum atomic E-state index is -3.01. The molecule has 2 bridgehead atoms. The van der Waals surface area contributed by atoms with Gasteiger partial charge in [0, 0.05) is 22.9 Å². The van der Waals surface area contributed by atoms with Gasteiger partial charge in [0.2, 0.25) is 17.7 Å². The van der Waals surface area contributed by atoms with Crippen molar-refractivity contribution < 1.29 is 35.5 Å². The zero-order valence-electron chi connectivity index (χ0n) is 38.5. The van der Waals surface area contributed by atoms with Gasteiger partial charge in [-0.1, -0.05) is 48.5 Å². The Balaban J connectivity index is 0.999. The second-order valence-electron chi connectivity index (χ2n) is 15.7. The van der Waals surface area contributed by atoms with Gasteiger partial charge >= 0.3 is 6.09 Å². The molecule has 6 atom stereocenters. The van der Waals surface area contributed by atoms with Gasteiger partial charge in [0.25, 0.3) is 0 Å². The number of benzene rings is 3. The average Bonchev–Trinajstić information content (AvgIpc) is 4.14. The van der Waals surface area contributed by atoms with E-state index in [9.17, 15) is 19.2 Å². The number of nitrogens with one attached hydrogen (secondary N) is 4. The Bertz CT molecular complexity index is 2490. The van der Waals surface area contributed by atoms with Gasteiger partial charge in [-0.2, -0.15) is 0 Å². The van der Waals surface area contributed by atoms with Crippen LogP contribution >= 0.6 is 0 Å². The maximum absolute atomic E-state index is 13.7. The SMILES string of the molecule is [2H]C([2H])([2H])[C@]([2H])(NC(=C)OC)C(=O)N1CCCC1c1ncc(-c2ccc(-c3ccc(-c4cccc(NC(=O)C5CCCN5C(=O)[C@]([2H])(C)NC(=O)OC)c4)c4c3C3CCC4C3)cc2)[nH]1. The summed E-state index contributed by atoms with van der Waals surface area (Å²) < 4.78 is 50.7. The molecule has 4 aliphatic rings. The topological polar surface area (TPSA) is 158 Å². The number of alkyl carbamates (subject to hydrolysis) is 1. The van der Waals surface area contributed by atoms with E-state index in [4.69, 9.17) is 11.6 Å². The van der Waals surface area contributed by atoms with Crippen molar-refractivity contribution in [3.63, 3.8) is 0 Å². The molecule has 4 amide bonds. The largest absolute Gasteiger partial charge is 0.483 e. The molecule has 59 heavy (non-hydrogen) atoms. The lowest BCUT2D eigenvalue weighted by molar-refractivity contribution is -0.138. The van der Waals surface area contributed by atoms with Gasteiger partial charge < -0.3 is 40.2 Å². The van der Waals surface area contributed by atoms with Crippen LogP contribution in [0.2, 0.25) is 0 Å². The molecule has 0 radical (unpaired) electrons. The molecule has 1 aromatic heterocycles. The lowest BCUT2D eigenvalue weighted by atomic mass is 9.81. The van der Waals surface area contributed by atoms with Crippen molar-refractivity contribution >= 4 is 29.5 Å². The highest BCUT2D eigenvalue weighted by Crippen LogP contribution is 2.58. The molecule has 3 heterocycles. The van der Waals surface area contributed by atoms with Gasteiger partial charge in [-0.05, 0) is 128 Å². The number of likely N-dealkylation sites (tertiary alicyclic amines) is 2. The van der Waals surface area contributed by atoms with E-state index < -0.39 is 48.9 Å². The predicted molar refractivity (Wildman–Crippen MR) is 225 cm³/mol. The van der Waals surface area contributed by atoms with Crippen LogP contribution < -0.4 is 16.0 Å². The molecule has 4 unspecified atom stereocenters. The second-order valence-corrected chi connectivity index (χ2v) is 15.7. The van der Waals surface area contributed by atoms with Crippen LogP contribution in [0.25, 0.3) is 33.5 Å². The molecule has 2 aliphatic heterocycles. The fraction of sp³-hybridized carbons (Fsp3) is 0.413. The van der Waals surface area contributed by atoms with Crippen LogP contribution in [0.4, 0.5) is 10.5 Å². The van der Waals surface area contributed by atoms with Crippen molar-refractivity contribution in [3.8, 4) is 33.5 Å². The zero-order valence-corrected chi connectivity index (χ0v) is 33.5. The third-order valence-corrected chi connectivity index (χ3v) is 12.2. The molecule has 2 saturated heterocycles. The smallest absolute Gasteiger partial charge is 0.407 e. The van der Waals surface area contributed by atoms with Crippen LogP contribution in [0.5, 0.6) is 0 Å². The second kappa shape index (κ2) is 16.6. The third kappa shape index (κ3) is 7.77. The molecule has 0 spiro atoms. The fourth-order valence-electron chi connectivity index (χ4n) is 9.43. The Morgan fingerprint density at radius 3 is 2.24 bits per heavy atom. The minimum Gasteiger partial charge on any atom is -0.483 e. The summed E-state index contributed by atoms with van der Waals surface area (Å²) in [6.07, 6.45) is 6.31. The summed E-state index contributed by atoms with van der Waals surface area (Å²) in [6, 6.07) is 14.3. The van der Waals surface area contributed by atoms with Crippen LogP contribution in [0.1, 0.15) is 100 Å². The lowest BCUT2D eigenvalue weighted by Crippen LogP contribution is -2.51. The summed E-state index contributed by atoms with van der Waals surface area (Å²) in [5.74, 6) is -0.780. The predicted octanol–water partition coefficient (Wildman–Crippen LogP) is 7.21. The van der Waals surface area contributed by atoms with Crippen molar-refractivity contribution in [2.45, 2.75) is 94.7 Å². The lowest BCUT2D eigenvalue weighted by Gasteiger charge is -2.27. The molecular formula is C46H53N7O6. The zero-order chi connectivity index (χ0) is 45.7. The van der Waals surface area contributed by atoms with E-state index in [1.165, 1.54) is 40.5 Å². The summed E-state index contributed by atoms with van der Waals surface area (Å²) in [7, 11) is 2.43. The molecule has 13 heteroatoms. The molecular weight excluding hydrogens is 747 g/mol. The van der Waals surface area contributed by atoms with E-state index in [1.807, 2.05) is 36.4 Å². The van der Waals surface area contributed by atoms with Crippen molar-refractivity contribution in [3.05, 3.63) is 96.3 Å². The molecule has 308 valence electrons. The fourth-order valence-corrected chi connectivity index (χ4v) is 9.43. The number of H-pyrrole nitrogens is 1. The first-order valence-corrected chi connectivity index (χ1v) is 20.2. The molecule has 4 aromatic rings. The maximum Gasteiger partial charge on any atom is 0.407 e. The van der Waals surface area contributed by atoms with Crippen LogP contribution in [0, 0.1) is 0 Å². The number of carbonyl (C=O) groups is 4. The molecule has 8 rings (SSSR count). The highest BCUT2D eigenvalue weighted by Gasteiger charge is 2.41. The molecule has 1 saturated carbocycles. The first-order valence-electron chi connectivity index (χ1n) is 22.7. The number of fused-ring (bicyclic) bond motifs is 5. The van der Waals surface area contributed by atoms with E-state index in [-0.39, 0.29) is 18.3 Å². The highest BCUT2D eigenvalue weighted by atomic mass is 16.5. The number of methoxy groups -OCH3 is 2. The number of aromatic nitrogens is 2. The highest BCUT2D eigenvalue weighted by molar-refractivity contribution is 5.99. The van der Waals surface area contributed by atoms with E-state index in [1.54, 1.807) is 6.20 Å². The number of aromatic amines is 1. The average molecular weight is 805 g/mol. The Kier molecular flexibility index (Phi) is 9.53. The van der Waals surface area contributed by atoms with Gasteiger partial charge in [-0.25, -0.2) is 9.78 Å². The van der Waals surface area contributed by atoms with Crippen LogP contribution in [0.3, 0.4) is 0 Å². The quantitative estimate of drug-likeness (QED) is 0.110. The number of hydrogen-bond acceptors (Lipinski definition) is 8. The number of hydrogen-bond donors (Lipinski definition) is 4. The summed E-state index contributed by atoms with van der Waals surface area (Å²) in [5.41, 5.74) is 9.28. The van der Waals surface area contributed by atoms with Crippen molar-refractivity contribution in [2.75, 3.05) is 32.6 Å². The summed E-state index contributed by atoms with van der Waals surface area (Å²) >= 11 is 0. The van der Waals surface area contributed by atoms with Crippen molar-refractivity contribution in [2.24, 2.45) is 0 Å². The first kappa shape index (κ1) is 33.8. The summed E-state index contributed by atoms with van der Waals surface area (Å²) in [4.78, 5) is 63.2. The van der Waals surface area contributed by atoms with Crippen molar-refractivity contribution in [1.82, 2.24) is 30.4 Å². The normalized spacial score (nSPS) is 23.9. The molecule has 2 aliphatic carbocycles. The Hall–Kier alpha value is -6.11. The number of carbonyl (C=O) groups excluding carboxylic acids is 4. The van der Waals surface area contributed by atoms with Gasteiger partial charge in [0.15, 0.2) is 5.88 Å². The van der Waals surface area contributed by atoms with E-state index in [0.717, 1.165) is 54.3 Å². The van der Waals surface area contributed by atoms with E-state index >= 15 is 0 Å². The maximum atomic E-state index is 13.7. The number of nitrogens with zero attached hydrogens (tertiary/aromatic N) is 3. The monoisotopic (exact) mass is 804 g/mol. The minimum absolute atomic E-state index is 0.196. The van der Waals surface area contributed by atoms with Gasteiger partial charge in [-0.3, -0.25) is 14.4 Å². The summed E-state index contributed by atoms with van der Waals surface area (Å²) in [5, 5.41) is 7.63. The molecule has 4 N–H and O–H groups in total. The Labute approximate surface area is 352 Å². The number of ether oxygens (including phenoxy) is 2. The van der Waals surface area contributed by atoms with Crippen LogP contribution in [0.15, 0.2) is 79.3 Å². The number of anilines is 1. The standard InChI is InChI=1S/C46H53N7O6/c1-26(48-28(3)58-4)44(55)52-21-7-11-38(52)42-47-25-37(51-42)30-15-13-29(14-16-30)35-19-20-36(41-33-18-17-32(23-33)40(35)41)31-9-6-10-34(24-31)50-43(54)39-12-8-22-53(39)45(56)27(2)49-46(57)59-5/h6,9-10,13-16,19-20,24-27,32-33,38-39,48H,3,7-8,11-12,17-18,21-23H2,1-2,4-5H3,(H,47,51)(H,49,57)(H,50,54)/t26-,27-,32?,33?,38?,39?/m0/s1/i1D3,26D,27D. The summed E-state index contributed by atoms with van der Waals surface area (Å²) in [6.45, 7) is 2.40. The van der Waals surface area contributed by atoms with Crippen LogP contribution in [-0.2, 0) is 23.9 Å². The van der Waals surface area contributed by atoms with Gasteiger partial charge in [0.1, 0.15) is 23.9 Å². The van der Waals surface area contributed by atoms with Crippen molar-refractivity contribution in [1.29, 1.82) is 0 Å². The van der Waals surface area contributed by atoms with Gasteiger partial charge in [0.05, 0.1) is 34.9 Å². The number of imidazole rings is 1. The van der Waals surface area contributed by atoms with Gasteiger partial charge in [-0.15, -0.1) is 0 Å². The molecule has 3 fully saturated rings. The Morgan fingerprint density at radius 2 is 1.53 bits per heavy atom.